The number of hydrogen-bond acceptors (Lipinski definition) is 5. The van der Waals surface area contributed by atoms with Gasteiger partial charge in [0.2, 0.25) is 5.82 Å². The third-order valence-corrected chi connectivity index (χ3v) is 3.91. The summed E-state index contributed by atoms with van der Waals surface area (Å²) in [7, 11) is 0. The van der Waals surface area contributed by atoms with E-state index >= 15 is 0 Å². The quantitative estimate of drug-likeness (QED) is 0.843. The summed E-state index contributed by atoms with van der Waals surface area (Å²) in [4.78, 5) is 30.4. The highest BCUT2D eigenvalue weighted by Crippen LogP contribution is 2.29. The molecule has 0 radical (unpaired) electrons. The molecule has 1 aliphatic rings. The molecule has 0 aliphatic carbocycles. The van der Waals surface area contributed by atoms with E-state index in [0.29, 0.717) is 18.8 Å². The molecule has 2 aromatic rings. The topological polar surface area (TPSA) is 101 Å². The molecule has 10 heteroatoms. The zero-order valence-corrected chi connectivity index (χ0v) is 14.0. The SMILES string of the molecule is Cc1cc(C(=O)NC(C(=O)O)c2ccc3c(c2)CCO3)nc(C(F)(F)F)n1. The first-order chi connectivity index (χ1) is 12.6. The number of aliphatic carboxylic acids is 1. The lowest BCUT2D eigenvalue weighted by Gasteiger charge is -2.16. The summed E-state index contributed by atoms with van der Waals surface area (Å²) in [6, 6.07) is 4.27. The van der Waals surface area contributed by atoms with Gasteiger partial charge in [-0.25, -0.2) is 14.8 Å². The number of amides is 1. The van der Waals surface area contributed by atoms with Crippen LogP contribution in [0.5, 0.6) is 5.75 Å². The lowest BCUT2D eigenvalue weighted by atomic mass is 10.0. The number of carboxylic acids is 1. The van der Waals surface area contributed by atoms with E-state index in [1.165, 1.54) is 13.0 Å². The number of fused-ring (bicyclic) bond motifs is 1. The minimum absolute atomic E-state index is 0.0657. The van der Waals surface area contributed by atoms with E-state index < -0.39 is 35.6 Å². The molecule has 2 heterocycles. The maximum absolute atomic E-state index is 12.8. The van der Waals surface area contributed by atoms with E-state index in [-0.39, 0.29) is 11.3 Å². The Hall–Kier alpha value is -3.17. The van der Waals surface area contributed by atoms with Gasteiger partial charge in [0.1, 0.15) is 11.4 Å². The summed E-state index contributed by atoms with van der Waals surface area (Å²) in [5.41, 5.74) is 0.446. The fourth-order valence-corrected chi connectivity index (χ4v) is 2.69. The third-order valence-electron chi connectivity index (χ3n) is 3.91. The van der Waals surface area contributed by atoms with Gasteiger partial charge in [-0.1, -0.05) is 6.07 Å². The number of nitrogens with one attached hydrogen (secondary N) is 1. The molecule has 2 N–H and O–H groups in total. The van der Waals surface area contributed by atoms with Crippen molar-refractivity contribution in [3.63, 3.8) is 0 Å². The first kappa shape index (κ1) is 18.6. The molecule has 0 fully saturated rings. The van der Waals surface area contributed by atoms with Gasteiger partial charge in [0.15, 0.2) is 6.04 Å². The highest BCUT2D eigenvalue weighted by Gasteiger charge is 2.36. The van der Waals surface area contributed by atoms with Crippen molar-refractivity contribution in [2.24, 2.45) is 0 Å². The fourth-order valence-electron chi connectivity index (χ4n) is 2.69. The maximum atomic E-state index is 12.8. The number of aromatic nitrogens is 2. The average Bonchev–Trinajstić information content (AvgIpc) is 3.05. The molecule has 1 aromatic carbocycles. The van der Waals surface area contributed by atoms with Crippen LogP contribution in [0, 0.1) is 6.92 Å². The number of carbonyl (C=O) groups excluding carboxylic acids is 1. The first-order valence-corrected chi connectivity index (χ1v) is 7.87. The minimum Gasteiger partial charge on any atom is -0.493 e. The van der Waals surface area contributed by atoms with Crippen molar-refractivity contribution >= 4 is 11.9 Å². The van der Waals surface area contributed by atoms with Crippen LogP contribution in [-0.4, -0.2) is 33.6 Å². The number of carboxylic acid groups (broad SMARTS) is 1. The van der Waals surface area contributed by atoms with Gasteiger partial charge in [-0.05, 0) is 36.2 Å². The van der Waals surface area contributed by atoms with Crippen molar-refractivity contribution in [3.05, 3.63) is 52.6 Å². The number of halogens is 3. The molecule has 1 aromatic heterocycles. The molecule has 0 spiro atoms. The molecule has 1 aliphatic heterocycles. The highest BCUT2D eigenvalue weighted by molar-refractivity contribution is 5.95. The largest absolute Gasteiger partial charge is 0.493 e. The lowest BCUT2D eigenvalue weighted by molar-refractivity contribution is -0.145. The molecule has 0 saturated carbocycles. The van der Waals surface area contributed by atoms with E-state index in [1.807, 2.05) is 0 Å². The highest BCUT2D eigenvalue weighted by atomic mass is 19.4. The van der Waals surface area contributed by atoms with Crippen LogP contribution < -0.4 is 10.1 Å². The normalized spacial score (nSPS) is 14.2. The summed E-state index contributed by atoms with van der Waals surface area (Å²) < 4.78 is 43.8. The molecule has 0 bridgehead atoms. The van der Waals surface area contributed by atoms with Gasteiger partial charge in [0, 0.05) is 12.1 Å². The molecular formula is C17H14F3N3O4. The average molecular weight is 381 g/mol. The van der Waals surface area contributed by atoms with Gasteiger partial charge in [0.25, 0.3) is 5.91 Å². The van der Waals surface area contributed by atoms with Crippen LogP contribution >= 0.6 is 0 Å². The second kappa shape index (κ2) is 6.86. The number of nitrogens with zero attached hydrogens (tertiary/aromatic N) is 2. The van der Waals surface area contributed by atoms with Crippen LogP contribution in [-0.2, 0) is 17.4 Å². The van der Waals surface area contributed by atoms with Crippen LogP contribution in [0.25, 0.3) is 0 Å². The van der Waals surface area contributed by atoms with Gasteiger partial charge in [0.05, 0.1) is 6.61 Å². The molecule has 1 unspecified atom stereocenters. The Balaban J connectivity index is 1.88. The summed E-state index contributed by atoms with van der Waals surface area (Å²) >= 11 is 0. The number of carbonyl (C=O) groups is 2. The van der Waals surface area contributed by atoms with Gasteiger partial charge in [-0.3, -0.25) is 4.79 Å². The monoisotopic (exact) mass is 381 g/mol. The molecule has 7 nitrogen and oxygen atoms in total. The van der Waals surface area contributed by atoms with E-state index in [0.717, 1.165) is 11.6 Å². The Morgan fingerprint density at radius 2 is 2.00 bits per heavy atom. The van der Waals surface area contributed by atoms with Crippen LogP contribution in [0.15, 0.2) is 24.3 Å². The number of hydrogen-bond donors (Lipinski definition) is 2. The Kier molecular flexibility index (Phi) is 4.73. The molecule has 0 saturated heterocycles. The minimum atomic E-state index is -4.83. The Labute approximate surface area is 151 Å². The zero-order valence-electron chi connectivity index (χ0n) is 14.0. The Bertz CT molecular complexity index is 915. The molecular weight excluding hydrogens is 367 g/mol. The van der Waals surface area contributed by atoms with E-state index in [4.69, 9.17) is 4.74 Å². The standard InChI is InChI=1S/C17H14F3N3O4/c1-8-6-11(22-16(21-8)17(18,19)20)14(24)23-13(15(25)26)10-2-3-12-9(7-10)4-5-27-12/h2-3,6-7,13H,4-5H2,1H3,(H,23,24)(H,25,26). The summed E-state index contributed by atoms with van der Waals surface area (Å²) in [6.45, 7) is 1.76. The van der Waals surface area contributed by atoms with Crippen molar-refractivity contribution in [2.75, 3.05) is 6.61 Å². The molecule has 1 atom stereocenters. The van der Waals surface area contributed by atoms with Gasteiger partial charge >= 0.3 is 12.1 Å². The third kappa shape index (κ3) is 3.99. The van der Waals surface area contributed by atoms with Crippen LogP contribution in [0.4, 0.5) is 13.2 Å². The van der Waals surface area contributed by atoms with Crippen LogP contribution in [0.3, 0.4) is 0 Å². The van der Waals surface area contributed by atoms with Crippen molar-refractivity contribution in [2.45, 2.75) is 25.6 Å². The van der Waals surface area contributed by atoms with Crippen molar-refractivity contribution in [3.8, 4) is 5.75 Å². The number of benzene rings is 1. The molecule has 27 heavy (non-hydrogen) atoms. The van der Waals surface area contributed by atoms with Crippen LogP contribution in [0.1, 0.15) is 39.2 Å². The number of rotatable bonds is 4. The van der Waals surface area contributed by atoms with Crippen molar-refractivity contribution < 1.29 is 32.6 Å². The van der Waals surface area contributed by atoms with Crippen LogP contribution in [0.2, 0.25) is 0 Å². The Morgan fingerprint density at radius 1 is 1.26 bits per heavy atom. The smallest absolute Gasteiger partial charge is 0.451 e. The van der Waals surface area contributed by atoms with Crippen molar-refractivity contribution in [1.82, 2.24) is 15.3 Å². The fraction of sp³-hybridized carbons (Fsp3) is 0.294. The van der Waals surface area contributed by atoms with Crippen molar-refractivity contribution in [1.29, 1.82) is 0 Å². The predicted molar refractivity (Wildman–Crippen MR) is 85.3 cm³/mol. The number of alkyl halides is 3. The lowest BCUT2D eigenvalue weighted by Crippen LogP contribution is -2.34. The van der Waals surface area contributed by atoms with Gasteiger partial charge in [-0.15, -0.1) is 0 Å². The molecule has 142 valence electrons. The summed E-state index contributed by atoms with van der Waals surface area (Å²) in [5, 5.41) is 11.7. The first-order valence-electron chi connectivity index (χ1n) is 7.87. The number of ether oxygens (including phenoxy) is 1. The molecule has 3 rings (SSSR count). The zero-order chi connectivity index (χ0) is 19.8. The van der Waals surface area contributed by atoms with E-state index in [9.17, 15) is 27.9 Å². The maximum Gasteiger partial charge on any atom is 0.451 e. The van der Waals surface area contributed by atoms with Gasteiger partial charge in [-0.2, -0.15) is 13.2 Å². The summed E-state index contributed by atoms with van der Waals surface area (Å²) in [5.74, 6) is -3.23. The second-order valence-corrected chi connectivity index (χ2v) is 5.93. The Morgan fingerprint density at radius 3 is 2.67 bits per heavy atom. The van der Waals surface area contributed by atoms with Gasteiger partial charge < -0.3 is 15.2 Å². The second-order valence-electron chi connectivity index (χ2n) is 5.93. The number of aryl methyl sites for hydroxylation is 1. The summed E-state index contributed by atoms with van der Waals surface area (Å²) in [6.07, 6.45) is -4.23. The molecule has 1 amide bonds. The van der Waals surface area contributed by atoms with E-state index in [1.54, 1.807) is 12.1 Å². The predicted octanol–water partition coefficient (Wildman–Crippen LogP) is 2.29. The van der Waals surface area contributed by atoms with E-state index in [2.05, 4.69) is 15.3 Å².